The first-order valence-electron chi connectivity index (χ1n) is 5.47. The molecule has 0 saturated carbocycles. The van der Waals surface area contributed by atoms with Crippen LogP contribution in [0.3, 0.4) is 0 Å². The summed E-state index contributed by atoms with van der Waals surface area (Å²) in [7, 11) is -3.97. The van der Waals surface area contributed by atoms with Crippen LogP contribution in [0.5, 0.6) is 0 Å². The van der Waals surface area contributed by atoms with E-state index in [1.54, 1.807) is 13.1 Å². The van der Waals surface area contributed by atoms with Gasteiger partial charge in [-0.05, 0) is 25.1 Å². The summed E-state index contributed by atoms with van der Waals surface area (Å²) in [5, 5.41) is 0. The molecule has 0 fully saturated rings. The zero-order valence-electron chi connectivity index (χ0n) is 10.1. The summed E-state index contributed by atoms with van der Waals surface area (Å²) in [5.41, 5.74) is 5.54. The minimum atomic E-state index is -3.97. The number of anilines is 1. The van der Waals surface area contributed by atoms with E-state index in [9.17, 15) is 12.8 Å². The van der Waals surface area contributed by atoms with Crippen LogP contribution < -0.4 is 10.5 Å². The molecule has 4 N–H and O–H groups in total. The Morgan fingerprint density at radius 2 is 2.21 bits per heavy atom. The van der Waals surface area contributed by atoms with Crippen LogP contribution in [0, 0.1) is 5.82 Å². The Labute approximate surface area is 109 Å². The number of hydrogen-bond acceptors (Lipinski definition) is 4. The number of halogens is 1. The number of H-pyrrole nitrogens is 1. The van der Waals surface area contributed by atoms with E-state index in [2.05, 4.69) is 14.7 Å². The first kappa shape index (κ1) is 13.5. The number of hydrogen-bond donors (Lipinski definition) is 3. The van der Waals surface area contributed by atoms with Gasteiger partial charge in [0, 0.05) is 18.1 Å². The molecule has 1 aromatic carbocycles. The maximum atomic E-state index is 13.6. The largest absolute Gasteiger partial charge is 0.399 e. The second kappa shape index (κ2) is 4.98. The molecule has 1 aromatic heterocycles. The van der Waals surface area contributed by atoms with Crippen LogP contribution in [0.2, 0.25) is 0 Å². The van der Waals surface area contributed by atoms with Crippen LogP contribution in [-0.4, -0.2) is 18.4 Å². The van der Waals surface area contributed by atoms with Crippen LogP contribution >= 0.6 is 0 Å². The topological polar surface area (TPSA) is 101 Å². The third kappa shape index (κ3) is 2.91. The molecule has 0 amide bonds. The average Bonchev–Trinajstić information content (AvgIpc) is 2.80. The molecular formula is C11H13FN4O2S. The molecule has 0 aliphatic heterocycles. The molecule has 0 bridgehead atoms. The van der Waals surface area contributed by atoms with E-state index in [0.717, 1.165) is 12.1 Å². The molecule has 1 unspecified atom stereocenters. The lowest BCUT2D eigenvalue weighted by atomic mass is 10.3. The number of nitrogens with one attached hydrogen (secondary N) is 2. The van der Waals surface area contributed by atoms with E-state index in [1.807, 2.05) is 0 Å². The molecule has 1 atom stereocenters. The van der Waals surface area contributed by atoms with Crippen molar-refractivity contribution in [3.63, 3.8) is 0 Å². The third-order valence-electron chi connectivity index (χ3n) is 2.51. The second-order valence-corrected chi connectivity index (χ2v) is 5.69. The van der Waals surface area contributed by atoms with Gasteiger partial charge in [0.25, 0.3) is 0 Å². The number of sulfonamides is 1. The van der Waals surface area contributed by atoms with Gasteiger partial charge >= 0.3 is 0 Å². The summed E-state index contributed by atoms with van der Waals surface area (Å²) in [5.74, 6) is -0.446. The predicted molar refractivity (Wildman–Crippen MR) is 68.1 cm³/mol. The maximum Gasteiger partial charge on any atom is 0.244 e. The minimum absolute atomic E-state index is 0.163. The molecule has 0 spiro atoms. The Balaban J connectivity index is 2.28. The van der Waals surface area contributed by atoms with Gasteiger partial charge in [0.2, 0.25) is 10.0 Å². The lowest BCUT2D eigenvalue weighted by Gasteiger charge is -2.12. The van der Waals surface area contributed by atoms with E-state index in [4.69, 9.17) is 5.73 Å². The van der Waals surface area contributed by atoms with Crippen molar-refractivity contribution in [2.45, 2.75) is 17.9 Å². The second-order valence-electron chi connectivity index (χ2n) is 4.01. The van der Waals surface area contributed by atoms with Crippen LogP contribution in [0.25, 0.3) is 0 Å². The number of aromatic amines is 1. The molecule has 0 saturated heterocycles. The fraction of sp³-hybridized carbons (Fsp3) is 0.182. The SMILES string of the molecule is CC(NS(=O)(=O)c1ccc(N)cc1F)c1ncc[nH]1. The molecule has 0 aliphatic rings. The van der Waals surface area contributed by atoms with E-state index in [-0.39, 0.29) is 5.69 Å². The van der Waals surface area contributed by atoms with Crippen molar-refractivity contribution < 1.29 is 12.8 Å². The standard InChI is InChI=1S/C11H13FN4O2S/c1-7(11-14-4-5-15-11)16-19(17,18)10-3-2-8(13)6-9(10)12/h2-7,16H,13H2,1H3,(H,14,15). The summed E-state index contributed by atoms with van der Waals surface area (Å²) in [6.45, 7) is 1.60. The molecule has 6 nitrogen and oxygen atoms in total. The van der Waals surface area contributed by atoms with Crippen molar-refractivity contribution >= 4 is 15.7 Å². The molecule has 0 radical (unpaired) electrons. The predicted octanol–water partition coefficient (Wildman–Crippen LogP) is 1.17. The Kier molecular flexibility index (Phi) is 3.54. The lowest BCUT2D eigenvalue weighted by Crippen LogP contribution is -2.28. The van der Waals surface area contributed by atoms with E-state index in [1.165, 1.54) is 12.3 Å². The van der Waals surface area contributed by atoms with Crippen LogP contribution in [0.4, 0.5) is 10.1 Å². The Morgan fingerprint density at radius 1 is 1.47 bits per heavy atom. The van der Waals surface area contributed by atoms with Gasteiger partial charge in [-0.25, -0.2) is 22.5 Å². The summed E-state index contributed by atoms with van der Waals surface area (Å²) in [6.07, 6.45) is 3.08. The maximum absolute atomic E-state index is 13.6. The van der Waals surface area contributed by atoms with Gasteiger partial charge in [-0.2, -0.15) is 0 Å². The van der Waals surface area contributed by atoms with Crippen molar-refractivity contribution in [2.75, 3.05) is 5.73 Å². The first-order chi connectivity index (χ1) is 8.90. The van der Waals surface area contributed by atoms with Crippen LogP contribution in [-0.2, 0) is 10.0 Å². The first-order valence-corrected chi connectivity index (χ1v) is 6.95. The van der Waals surface area contributed by atoms with Crippen LogP contribution in [0.1, 0.15) is 18.8 Å². The smallest absolute Gasteiger partial charge is 0.244 e. The number of nitrogens with zero attached hydrogens (tertiary/aromatic N) is 1. The summed E-state index contributed by atoms with van der Waals surface area (Å²) in [6, 6.07) is 2.82. The molecule has 0 aliphatic carbocycles. The number of aromatic nitrogens is 2. The molecule has 8 heteroatoms. The van der Waals surface area contributed by atoms with Gasteiger partial charge in [-0.1, -0.05) is 0 Å². The van der Waals surface area contributed by atoms with Gasteiger partial charge in [0.15, 0.2) is 0 Å². The Hall–Kier alpha value is -1.93. The average molecular weight is 284 g/mol. The number of nitrogen functional groups attached to an aromatic ring is 1. The van der Waals surface area contributed by atoms with Crippen molar-refractivity contribution in [2.24, 2.45) is 0 Å². The fourth-order valence-electron chi connectivity index (χ4n) is 1.60. The number of benzene rings is 1. The van der Waals surface area contributed by atoms with E-state index >= 15 is 0 Å². The summed E-state index contributed by atoms with van der Waals surface area (Å²) < 4.78 is 40.0. The van der Waals surface area contributed by atoms with Crippen molar-refractivity contribution in [3.05, 3.63) is 42.2 Å². The number of imidazole rings is 1. The highest BCUT2D eigenvalue weighted by molar-refractivity contribution is 7.89. The van der Waals surface area contributed by atoms with Crippen molar-refractivity contribution in [1.29, 1.82) is 0 Å². The zero-order valence-corrected chi connectivity index (χ0v) is 10.9. The van der Waals surface area contributed by atoms with E-state index < -0.39 is 26.8 Å². The van der Waals surface area contributed by atoms with Gasteiger partial charge in [0.1, 0.15) is 16.5 Å². The molecule has 2 aromatic rings. The minimum Gasteiger partial charge on any atom is -0.399 e. The lowest BCUT2D eigenvalue weighted by molar-refractivity contribution is 0.543. The van der Waals surface area contributed by atoms with Crippen LogP contribution in [0.15, 0.2) is 35.5 Å². The van der Waals surface area contributed by atoms with Gasteiger partial charge in [-0.3, -0.25) is 0 Å². The van der Waals surface area contributed by atoms with Crippen molar-refractivity contribution in [3.8, 4) is 0 Å². The zero-order chi connectivity index (χ0) is 14.0. The molecule has 1 heterocycles. The summed E-state index contributed by atoms with van der Waals surface area (Å²) >= 11 is 0. The Bertz CT molecular complexity index is 670. The number of nitrogens with two attached hydrogens (primary N) is 1. The molecular weight excluding hydrogens is 271 g/mol. The highest BCUT2D eigenvalue weighted by atomic mass is 32.2. The van der Waals surface area contributed by atoms with E-state index in [0.29, 0.717) is 5.82 Å². The molecule has 2 rings (SSSR count). The third-order valence-corrected chi connectivity index (χ3v) is 4.08. The highest BCUT2D eigenvalue weighted by Gasteiger charge is 2.22. The fourth-order valence-corrected chi connectivity index (χ4v) is 2.87. The van der Waals surface area contributed by atoms with Gasteiger partial charge in [0.05, 0.1) is 6.04 Å². The molecule has 19 heavy (non-hydrogen) atoms. The molecule has 102 valence electrons. The monoisotopic (exact) mass is 284 g/mol. The number of rotatable bonds is 4. The normalized spacial score (nSPS) is 13.4. The highest BCUT2D eigenvalue weighted by Crippen LogP contribution is 2.19. The van der Waals surface area contributed by atoms with Crippen molar-refractivity contribution in [1.82, 2.24) is 14.7 Å². The van der Waals surface area contributed by atoms with Gasteiger partial charge in [-0.15, -0.1) is 0 Å². The van der Waals surface area contributed by atoms with Gasteiger partial charge < -0.3 is 10.7 Å². The quantitative estimate of drug-likeness (QED) is 0.733. The Morgan fingerprint density at radius 3 is 2.79 bits per heavy atom. The summed E-state index contributed by atoms with van der Waals surface area (Å²) in [4.78, 5) is 6.27.